The molecule has 0 saturated carbocycles. The molecule has 0 saturated heterocycles. The highest BCUT2D eigenvalue weighted by Gasteiger charge is 2.23. The zero-order valence-electron chi connectivity index (χ0n) is 11.6. The molecule has 0 aliphatic carbocycles. The first kappa shape index (κ1) is 15.3. The van der Waals surface area contributed by atoms with Gasteiger partial charge in [-0.2, -0.15) is 0 Å². The molecule has 0 atom stereocenters. The van der Waals surface area contributed by atoms with Crippen molar-refractivity contribution in [2.45, 2.75) is 0 Å². The number of esters is 1. The number of nitro groups is 1. The molecule has 0 aliphatic rings. The standard InChI is InChI=1S/C16H9IN2O4/c17-12-6-2-1-5-11(12)16(20)23-15-13(19(21)22)8-7-10-4-3-9-18-14(10)15/h1-9H. The lowest BCUT2D eigenvalue weighted by Crippen LogP contribution is -2.12. The van der Waals surface area contributed by atoms with Crippen LogP contribution in [-0.2, 0) is 0 Å². The Balaban J connectivity index is 2.11. The number of halogens is 1. The van der Waals surface area contributed by atoms with E-state index in [0.717, 1.165) is 0 Å². The first-order chi connectivity index (χ1) is 11.1. The fourth-order valence-electron chi connectivity index (χ4n) is 2.13. The number of nitro benzene ring substituents is 1. The van der Waals surface area contributed by atoms with Crippen LogP contribution in [0.4, 0.5) is 5.69 Å². The summed E-state index contributed by atoms with van der Waals surface area (Å²) in [6, 6.07) is 13.2. The zero-order chi connectivity index (χ0) is 16.4. The maximum absolute atomic E-state index is 12.4. The third-order valence-electron chi connectivity index (χ3n) is 3.19. The quantitative estimate of drug-likeness (QED) is 0.211. The fourth-order valence-corrected chi connectivity index (χ4v) is 2.73. The molecule has 1 aromatic heterocycles. The van der Waals surface area contributed by atoms with Crippen LogP contribution in [0.25, 0.3) is 10.9 Å². The van der Waals surface area contributed by atoms with E-state index in [2.05, 4.69) is 4.98 Å². The van der Waals surface area contributed by atoms with Crippen molar-refractivity contribution in [3.63, 3.8) is 0 Å². The van der Waals surface area contributed by atoms with Gasteiger partial charge >= 0.3 is 11.7 Å². The van der Waals surface area contributed by atoms with Crippen LogP contribution < -0.4 is 4.74 Å². The maximum atomic E-state index is 12.4. The van der Waals surface area contributed by atoms with Crippen LogP contribution in [0.3, 0.4) is 0 Å². The lowest BCUT2D eigenvalue weighted by Gasteiger charge is -2.08. The van der Waals surface area contributed by atoms with Crippen LogP contribution >= 0.6 is 22.6 Å². The topological polar surface area (TPSA) is 82.3 Å². The van der Waals surface area contributed by atoms with Crippen molar-refractivity contribution in [2.75, 3.05) is 0 Å². The Bertz CT molecular complexity index is 927. The molecule has 0 amide bonds. The van der Waals surface area contributed by atoms with E-state index in [4.69, 9.17) is 4.74 Å². The van der Waals surface area contributed by atoms with Crippen LogP contribution in [0, 0.1) is 13.7 Å². The first-order valence-electron chi connectivity index (χ1n) is 6.57. The van der Waals surface area contributed by atoms with E-state index in [1.807, 2.05) is 22.6 Å². The minimum absolute atomic E-state index is 0.141. The van der Waals surface area contributed by atoms with E-state index in [0.29, 0.717) is 14.5 Å². The molecule has 0 unspecified atom stereocenters. The number of pyridine rings is 1. The minimum atomic E-state index is -0.656. The van der Waals surface area contributed by atoms with Crippen molar-refractivity contribution in [1.82, 2.24) is 4.98 Å². The van der Waals surface area contributed by atoms with Crippen molar-refractivity contribution in [3.05, 3.63) is 74.0 Å². The molecule has 0 aliphatic heterocycles. The third-order valence-corrected chi connectivity index (χ3v) is 4.13. The molecule has 7 heteroatoms. The number of hydrogen-bond donors (Lipinski definition) is 0. The van der Waals surface area contributed by atoms with E-state index < -0.39 is 10.9 Å². The lowest BCUT2D eigenvalue weighted by atomic mass is 10.2. The van der Waals surface area contributed by atoms with Crippen molar-refractivity contribution >= 4 is 45.2 Å². The van der Waals surface area contributed by atoms with Gasteiger partial charge in [0.1, 0.15) is 5.52 Å². The third kappa shape index (κ3) is 3.00. The van der Waals surface area contributed by atoms with E-state index in [1.54, 1.807) is 42.5 Å². The van der Waals surface area contributed by atoms with Crippen LogP contribution in [0.1, 0.15) is 10.4 Å². The van der Waals surface area contributed by atoms with Gasteiger partial charge in [-0.25, -0.2) is 4.79 Å². The lowest BCUT2D eigenvalue weighted by molar-refractivity contribution is -0.385. The highest BCUT2D eigenvalue weighted by molar-refractivity contribution is 14.1. The van der Waals surface area contributed by atoms with Crippen LogP contribution in [0.5, 0.6) is 5.75 Å². The van der Waals surface area contributed by atoms with Gasteiger partial charge in [0.05, 0.1) is 10.5 Å². The molecular formula is C16H9IN2O4. The minimum Gasteiger partial charge on any atom is -0.413 e. The van der Waals surface area contributed by atoms with Gasteiger partial charge in [0.15, 0.2) is 0 Å². The Hall–Kier alpha value is -2.55. The SMILES string of the molecule is O=C(Oc1c([N+](=O)[O-])ccc2cccnc12)c1ccccc1I. The summed E-state index contributed by atoms with van der Waals surface area (Å²) in [5.74, 6) is -0.797. The molecule has 3 aromatic rings. The number of ether oxygens (including phenoxy) is 1. The first-order valence-corrected chi connectivity index (χ1v) is 7.64. The average molecular weight is 420 g/mol. The highest BCUT2D eigenvalue weighted by atomic mass is 127. The van der Waals surface area contributed by atoms with Gasteiger partial charge in [0.25, 0.3) is 0 Å². The molecule has 0 bridgehead atoms. The number of carbonyl (C=O) groups is 1. The molecular weight excluding hydrogens is 411 g/mol. The Morgan fingerprint density at radius 2 is 1.91 bits per heavy atom. The van der Waals surface area contributed by atoms with Gasteiger partial charge in [0, 0.05) is 21.2 Å². The molecule has 2 aromatic carbocycles. The molecule has 23 heavy (non-hydrogen) atoms. The van der Waals surface area contributed by atoms with Crippen molar-refractivity contribution in [2.24, 2.45) is 0 Å². The average Bonchev–Trinajstić information content (AvgIpc) is 2.55. The maximum Gasteiger partial charge on any atom is 0.344 e. The van der Waals surface area contributed by atoms with E-state index in [9.17, 15) is 14.9 Å². The largest absolute Gasteiger partial charge is 0.413 e. The van der Waals surface area contributed by atoms with E-state index >= 15 is 0 Å². The number of nitrogens with zero attached hydrogens (tertiary/aromatic N) is 2. The van der Waals surface area contributed by atoms with Crippen LogP contribution in [0.2, 0.25) is 0 Å². The van der Waals surface area contributed by atoms with Gasteiger partial charge in [-0.05, 0) is 46.9 Å². The second kappa shape index (κ2) is 6.29. The summed E-state index contributed by atoms with van der Waals surface area (Å²) in [6.07, 6.45) is 1.50. The highest BCUT2D eigenvalue weighted by Crippen LogP contribution is 2.34. The van der Waals surface area contributed by atoms with E-state index in [1.165, 1.54) is 12.3 Å². The summed E-state index contributed by atoms with van der Waals surface area (Å²) in [4.78, 5) is 27.1. The molecule has 6 nitrogen and oxygen atoms in total. The summed E-state index contributed by atoms with van der Waals surface area (Å²) in [6.45, 7) is 0. The molecule has 0 N–H and O–H groups in total. The molecule has 114 valence electrons. The molecule has 0 radical (unpaired) electrons. The second-order valence-corrected chi connectivity index (χ2v) is 5.78. The normalized spacial score (nSPS) is 10.5. The summed E-state index contributed by atoms with van der Waals surface area (Å²) < 4.78 is 6.04. The van der Waals surface area contributed by atoms with Crippen LogP contribution in [0.15, 0.2) is 54.7 Å². The number of hydrogen-bond acceptors (Lipinski definition) is 5. The fraction of sp³-hybridized carbons (Fsp3) is 0. The van der Waals surface area contributed by atoms with E-state index in [-0.39, 0.29) is 17.0 Å². The molecule has 0 spiro atoms. The Morgan fingerprint density at radius 1 is 1.13 bits per heavy atom. The summed E-state index contributed by atoms with van der Waals surface area (Å²) in [7, 11) is 0. The summed E-state index contributed by atoms with van der Waals surface area (Å²) in [5.41, 5.74) is 0.326. The van der Waals surface area contributed by atoms with Crippen molar-refractivity contribution < 1.29 is 14.5 Å². The number of rotatable bonds is 3. The van der Waals surface area contributed by atoms with Gasteiger partial charge in [0.2, 0.25) is 5.75 Å². The Labute approximate surface area is 144 Å². The Morgan fingerprint density at radius 3 is 2.65 bits per heavy atom. The number of carbonyl (C=O) groups excluding carboxylic acids is 1. The smallest absolute Gasteiger partial charge is 0.344 e. The predicted molar refractivity (Wildman–Crippen MR) is 92.5 cm³/mol. The molecule has 0 fully saturated rings. The number of aromatic nitrogens is 1. The molecule has 1 heterocycles. The monoisotopic (exact) mass is 420 g/mol. The second-order valence-electron chi connectivity index (χ2n) is 4.62. The zero-order valence-corrected chi connectivity index (χ0v) is 13.8. The summed E-state index contributed by atoms with van der Waals surface area (Å²) in [5, 5.41) is 11.9. The van der Waals surface area contributed by atoms with Gasteiger partial charge in [-0.1, -0.05) is 18.2 Å². The summed E-state index contributed by atoms with van der Waals surface area (Å²) >= 11 is 2.01. The van der Waals surface area contributed by atoms with Gasteiger partial charge in [-0.15, -0.1) is 0 Å². The molecule has 3 rings (SSSR count). The van der Waals surface area contributed by atoms with Crippen molar-refractivity contribution in [1.29, 1.82) is 0 Å². The van der Waals surface area contributed by atoms with Crippen molar-refractivity contribution in [3.8, 4) is 5.75 Å². The predicted octanol–water partition coefficient (Wildman–Crippen LogP) is 3.97. The number of fused-ring (bicyclic) bond motifs is 1. The Kier molecular flexibility index (Phi) is 4.20. The van der Waals surface area contributed by atoms with Gasteiger partial charge < -0.3 is 4.74 Å². The van der Waals surface area contributed by atoms with Crippen LogP contribution in [-0.4, -0.2) is 15.9 Å². The van der Waals surface area contributed by atoms with Gasteiger partial charge in [-0.3, -0.25) is 15.1 Å². The number of benzene rings is 2.